The number of hydrogen-bond acceptors (Lipinski definition) is 3. The Labute approximate surface area is 195 Å². The van der Waals surface area contributed by atoms with Gasteiger partial charge in [0.25, 0.3) is 5.91 Å². The maximum Gasteiger partial charge on any atom is 0.417 e. The van der Waals surface area contributed by atoms with Gasteiger partial charge in [0.15, 0.2) is 0 Å². The first-order chi connectivity index (χ1) is 15.3. The molecule has 1 aliphatic heterocycles. The lowest BCUT2D eigenvalue weighted by atomic mass is 9.87. The zero-order valence-electron chi connectivity index (χ0n) is 17.5. The number of nitrogens with one attached hydrogen (secondary N) is 1. The number of ether oxygens (including phenoxy) is 1. The van der Waals surface area contributed by atoms with Gasteiger partial charge in [-0.25, -0.2) is 0 Å². The average molecular weight is 484 g/mol. The van der Waals surface area contributed by atoms with Crippen molar-refractivity contribution in [2.45, 2.75) is 42.8 Å². The Bertz CT molecular complexity index is 941. The van der Waals surface area contributed by atoms with Crippen molar-refractivity contribution in [1.82, 2.24) is 5.32 Å². The largest absolute Gasteiger partial charge is 0.417 e. The fourth-order valence-electron chi connectivity index (χ4n) is 3.94. The normalized spacial score (nSPS) is 18.4. The van der Waals surface area contributed by atoms with E-state index in [0.717, 1.165) is 36.1 Å². The summed E-state index contributed by atoms with van der Waals surface area (Å²) in [6, 6.07) is 11.2. The Hall–Kier alpha value is -1.70. The highest BCUT2D eigenvalue weighted by Crippen LogP contribution is 2.38. The standard InChI is InChI=1S/C24H25ClF3NO2S/c25-21-19(2-1-3-20(21)24(26,27)28)23(30)29-22(17-10-12-31-13-11-17)16-6-8-18(9-7-16)32-14-15-4-5-15/h1-3,6-9,15,17,22H,4-5,10-14H2,(H,29,30). The number of benzene rings is 2. The van der Waals surface area contributed by atoms with Crippen molar-refractivity contribution >= 4 is 29.3 Å². The van der Waals surface area contributed by atoms with Gasteiger partial charge in [-0.1, -0.05) is 29.8 Å². The van der Waals surface area contributed by atoms with Gasteiger partial charge in [-0.05, 0) is 67.3 Å². The summed E-state index contributed by atoms with van der Waals surface area (Å²) in [6.07, 6.45) is -0.484. The number of alkyl halides is 3. The molecular weight excluding hydrogens is 459 g/mol. The monoisotopic (exact) mass is 483 g/mol. The smallest absolute Gasteiger partial charge is 0.381 e. The van der Waals surface area contributed by atoms with Crippen LogP contribution in [-0.2, 0) is 10.9 Å². The molecule has 4 rings (SSSR count). The Morgan fingerprint density at radius 3 is 2.41 bits per heavy atom. The molecule has 1 saturated heterocycles. The van der Waals surface area contributed by atoms with Crippen LogP contribution in [0, 0.1) is 11.8 Å². The number of halogens is 4. The molecule has 32 heavy (non-hydrogen) atoms. The Balaban J connectivity index is 1.55. The fourth-order valence-corrected chi connectivity index (χ4v) is 5.35. The fraction of sp³-hybridized carbons (Fsp3) is 0.458. The number of amides is 1. The van der Waals surface area contributed by atoms with E-state index in [4.69, 9.17) is 16.3 Å². The van der Waals surface area contributed by atoms with Crippen molar-refractivity contribution < 1.29 is 22.7 Å². The van der Waals surface area contributed by atoms with Crippen LogP contribution < -0.4 is 5.32 Å². The molecule has 2 aliphatic rings. The molecule has 2 aromatic carbocycles. The molecule has 0 spiro atoms. The highest BCUT2D eigenvalue weighted by Gasteiger charge is 2.35. The van der Waals surface area contributed by atoms with Gasteiger partial charge >= 0.3 is 6.18 Å². The van der Waals surface area contributed by atoms with E-state index in [0.29, 0.717) is 13.2 Å². The maximum absolute atomic E-state index is 13.2. The summed E-state index contributed by atoms with van der Waals surface area (Å²) >= 11 is 7.82. The van der Waals surface area contributed by atoms with Crippen LogP contribution in [0.25, 0.3) is 0 Å². The summed E-state index contributed by atoms with van der Waals surface area (Å²) in [5, 5.41) is 2.39. The number of rotatable bonds is 7. The number of carbonyl (C=O) groups is 1. The Morgan fingerprint density at radius 2 is 1.78 bits per heavy atom. The van der Waals surface area contributed by atoms with Crippen LogP contribution in [0.3, 0.4) is 0 Å². The molecule has 1 unspecified atom stereocenters. The summed E-state index contributed by atoms with van der Waals surface area (Å²) in [4.78, 5) is 14.2. The van der Waals surface area contributed by atoms with Gasteiger partial charge in [0.05, 0.1) is 22.2 Å². The van der Waals surface area contributed by atoms with Gasteiger partial charge in [0.2, 0.25) is 0 Å². The third-order valence-corrected chi connectivity index (χ3v) is 7.65. The topological polar surface area (TPSA) is 38.3 Å². The third-order valence-electron chi connectivity index (χ3n) is 5.99. The summed E-state index contributed by atoms with van der Waals surface area (Å²) in [5.41, 5.74) is -0.245. The molecule has 0 aromatic heterocycles. The molecule has 172 valence electrons. The second-order valence-electron chi connectivity index (χ2n) is 8.39. The van der Waals surface area contributed by atoms with Gasteiger partial charge in [-0.3, -0.25) is 4.79 Å². The molecule has 0 radical (unpaired) electrons. The van der Waals surface area contributed by atoms with E-state index in [2.05, 4.69) is 17.4 Å². The van der Waals surface area contributed by atoms with E-state index in [1.165, 1.54) is 29.9 Å². The zero-order valence-corrected chi connectivity index (χ0v) is 19.0. The van der Waals surface area contributed by atoms with E-state index >= 15 is 0 Å². The SMILES string of the molecule is O=C(NC(c1ccc(SCC2CC2)cc1)C1CCOCC1)c1cccc(C(F)(F)F)c1Cl. The van der Waals surface area contributed by atoms with Crippen LogP contribution >= 0.6 is 23.4 Å². The van der Waals surface area contributed by atoms with Crippen molar-refractivity contribution in [3.05, 3.63) is 64.2 Å². The molecule has 1 aliphatic carbocycles. The molecule has 1 saturated carbocycles. The van der Waals surface area contributed by atoms with Gasteiger partial charge < -0.3 is 10.1 Å². The lowest BCUT2D eigenvalue weighted by molar-refractivity contribution is -0.137. The highest BCUT2D eigenvalue weighted by molar-refractivity contribution is 7.99. The van der Waals surface area contributed by atoms with Crippen LogP contribution in [0.2, 0.25) is 5.02 Å². The summed E-state index contributed by atoms with van der Waals surface area (Å²) in [5.74, 6) is 1.46. The molecule has 1 atom stereocenters. The van der Waals surface area contributed by atoms with Gasteiger partial charge in [0.1, 0.15) is 0 Å². The molecule has 0 bridgehead atoms. The maximum atomic E-state index is 13.2. The number of thioether (sulfide) groups is 1. The minimum Gasteiger partial charge on any atom is -0.381 e. The molecule has 3 nitrogen and oxygen atoms in total. The quantitative estimate of drug-likeness (QED) is 0.442. The second-order valence-corrected chi connectivity index (χ2v) is 9.86. The van der Waals surface area contributed by atoms with Gasteiger partial charge in [-0.15, -0.1) is 11.8 Å². The molecule has 1 N–H and O–H groups in total. The number of hydrogen-bond donors (Lipinski definition) is 1. The first kappa shape index (κ1) is 23.5. The molecular formula is C24H25ClF3NO2S. The lowest BCUT2D eigenvalue weighted by Gasteiger charge is -2.31. The highest BCUT2D eigenvalue weighted by atomic mass is 35.5. The van der Waals surface area contributed by atoms with Crippen molar-refractivity contribution in [1.29, 1.82) is 0 Å². The predicted molar refractivity (Wildman–Crippen MR) is 120 cm³/mol. The van der Waals surface area contributed by atoms with E-state index in [1.807, 2.05) is 23.9 Å². The Kier molecular flexibility index (Phi) is 7.37. The van der Waals surface area contributed by atoms with Crippen LogP contribution in [0.4, 0.5) is 13.2 Å². The minimum absolute atomic E-state index is 0.127. The summed E-state index contributed by atoms with van der Waals surface area (Å²) in [7, 11) is 0. The van der Waals surface area contributed by atoms with E-state index in [9.17, 15) is 18.0 Å². The first-order valence-electron chi connectivity index (χ1n) is 10.8. The van der Waals surface area contributed by atoms with Crippen LogP contribution in [0.15, 0.2) is 47.4 Å². The van der Waals surface area contributed by atoms with Crippen molar-refractivity contribution in [2.24, 2.45) is 11.8 Å². The zero-order chi connectivity index (χ0) is 22.7. The van der Waals surface area contributed by atoms with Crippen LogP contribution in [0.1, 0.15) is 53.2 Å². The molecule has 1 heterocycles. The predicted octanol–water partition coefficient (Wildman–Crippen LogP) is 6.76. The van der Waals surface area contributed by atoms with Crippen molar-refractivity contribution in [3.8, 4) is 0 Å². The van der Waals surface area contributed by atoms with Crippen LogP contribution in [-0.4, -0.2) is 24.9 Å². The molecule has 2 aromatic rings. The number of carbonyl (C=O) groups excluding carboxylic acids is 1. The van der Waals surface area contributed by atoms with E-state index in [-0.39, 0.29) is 17.5 Å². The molecule has 8 heteroatoms. The van der Waals surface area contributed by atoms with E-state index < -0.39 is 22.7 Å². The second kappa shape index (κ2) is 10.1. The molecule has 1 amide bonds. The molecule has 2 fully saturated rings. The first-order valence-corrected chi connectivity index (χ1v) is 12.2. The average Bonchev–Trinajstić information content (AvgIpc) is 3.61. The minimum atomic E-state index is -4.62. The Morgan fingerprint density at radius 1 is 1.09 bits per heavy atom. The summed E-state index contributed by atoms with van der Waals surface area (Å²) in [6.45, 7) is 1.19. The summed E-state index contributed by atoms with van der Waals surface area (Å²) < 4.78 is 45.2. The van der Waals surface area contributed by atoms with Crippen molar-refractivity contribution in [3.63, 3.8) is 0 Å². The van der Waals surface area contributed by atoms with Crippen molar-refractivity contribution in [2.75, 3.05) is 19.0 Å². The van der Waals surface area contributed by atoms with Gasteiger partial charge in [-0.2, -0.15) is 13.2 Å². The van der Waals surface area contributed by atoms with E-state index in [1.54, 1.807) is 0 Å². The lowest BCUT2D eigenvalue weighted by Crippen LogP contribution is -2.36. The van der Waals surface area contributed by atoms with Crippen LogP contribution in [0.5, 0.6) is 0 Å². The third kappa shape index (κ3) is 5.80. The van der Waals surface area contributed by atoms with Gasteiger partial charge in [0, 0.05) is 23.9 Å².